The maximum atomic E-state index is 13.0. The van der Waals surface area contributed by atoms with E-state index in [1.165, 1.54) is 18.4 Å². The van der Waals surface area contributed by atoms with Gasteiger partial charge in [0.2, 0.25) is 0 Å². The van der Waals surface area contributed by atoms with Crippen LogP contribution in [0, 0.1) is 22.7 Å². The fourth-order valence-electron chi connectivity index (χ4n) is 4.74. The van der Waals surface area contributed by atoms with Crippen molar-refractivity contribution >= 4 is 5.78 Å². The van der Waals surface area contributed by atoms with Gasteiger partial charge < -0.3 is 10.2 Å². The SMILES string of the molecule is C=C1C(O)C2C(=C(CCC3CC3)C13CC3)C(=O)C(C)(C)C2O. The van der Waals surface area contributed by atoms with Gasteiger partial charge in [-0.15, -0.1) is 0 Å². The van der Waals surface area contributed by atoms with E-state index in [-0.39, 0.29) is 11.2 Å². The minimum Gasteiger partial charge on any atom is -0.391 e. The Morgan fingerprint density at radius 3 is 2.41 bits per heavy atom. The monoisotopic (exact) mass is 302 g/mol. The summed E-state index contributed by atoms with van der Waals surface area (Å²) in [5, 5.41) is 21.4. The van der Waals surface area contributed by atoms with E-state index in [1.54, 1.807) is 13.8 Å². The van der Waals surface area contributed by atoms with E-state index in [9.17, 15) is 15.0 Å². The van der Waals surface area contributed by atoms with Crippen LogP contribution in [0.15, 0.2) is 23.3 Å². The van der Waals surface area contributed by atoms with Crippen molar-refractivity contribution in [2.24, 2.45) is 22.7 Å². The summed E-state index contributed by atoms with van der Waals surface area (Å²) < 4.78 is 0. The molecule has 0 bridgehead atoms. The molecule has 0 aromatic rings. The zero-order valence-corrected chi connectivity index (χ0v) is 13.6. The maximum Gasteiger partial charge on any atom is 0.167 e. The summed E-state index contributed by atoms with van der Waals surface area (Å²) in [6, 6.07) is 0. The molecule has 0 aromatic heterocycles. The number of fused-ring (bicyclic) bond motifs is 1. The topological polar surface area (TPSA) is 57.5 Å². The van der Waals surface area contributed by atoms with Crippen molar-refractivity contribution in [1.29, 1.82) is 0 Å². The van der Waals surface area contributed by atoms with Gasteiger partial charge in [0.25, 0.3) is 0 Å². The third kappa shape index (κ3) is 1.73. The number of hydrogen-bond donors (Lipinski definition) is 2. The summed E-state index contributed by atoms with van der Waals surface area (Å²) in [7, 11) is 0. The molecule has 1 spiro atoms. The van der Waals surface area contributed by atoms with Gasteiger partial charge in [0, 0.05) is 16.9 Å². The van der Waals surface area contributed by atoms with Crippen LogP contribution in [0.3, 0.4) is 0 Å². The number of hydrogen-bond acceptors (Lipinski definition) is 3. The van der Waals surface area contributed by atoms with E-state index in [2.05, 4.69) is 6.58 Å². The van der Waals surface area contributed by atoms with E-state index < -0.39 is 23.5 Å². The third-order valence-corrected chi connectivity index (χ3v) is 6.71. The first kappa shape index (κ1) is 14.6. The van der Waals surface area contributed by atoms with Gasteiger partial charge >= 0.3 is 0 Å². The van der Waals surface area contributed by atoms with Crippen LogP contribution in [0.1, 0.15) is 52.4 Å². The minimum absolute atomic E-state index is 0.0496. The molecular formula is C19H26O3. The van der Waals surface area contributed by atoms with Gasteiger partial charge in [-0.25, -0.2) is 0 Å². The summed E-state index contributed by atoms with van der Waals surface area (Å²) in [6.07, 6.45) is 5.12. The van der Waals surface area contributed by atoms with Crippen LogP contribution in [-0.2, 0) is 4.79 Å². The van der Waals surface area contributed by atoms with Crippen LogP contribution >= 0.6 is 0 Å². The van der Waals surface area contributed by atoms with Crippen LogP contribution in [0.25, 0.3) is 0 Å². The number of carbonyl (C=O) groups excluding carboxylic acids is 1. The Morgan fingerprint density at radius 1 is 1.23 bits per heavy atom. The third-order valence-electron chi connectivity index (χ3n) is 6.71. The van der Waals surface area contributed by atoms with Gasteiger partial charge in [0.15, 0.2) is 5.78 Å². The van der Waals surface area contributed by atoms with E-state index in [0.29, 0.717) is 0 Å². The van der Waals surface area contributed by atoms with Crippen molar-refractivity contribution in [3.63, 3.8) is 0 Å². The molecule has 4 aliphatic rings. The molecule has 3 nitrogen and oxygen atoms in total. The molecule has 4 rings (SSSR count). The molecule has 0 heterocycles. The van der Waals surface area contributed by atoms with Crippen molar-refractivity contribution in [2.75, 3.05) is 0 Å². The van der Waals surface area contributed by atoms with Crippen molar-refractivity contribution < 1.29 is 15.0 Å². The second-order valence-corrected chi connectivity index (χ2v) is 8.45. The second kappa shape index (κ2) is 4.33. The molecule has 3 saturated carbocycles. The standard InChI is InChI=1S/C19H26O3/c1-10-15(20)14-13(16(21)18(2,3)17(14)22)12(19(10)8-9-19)7-6-11-4-5-11/h11,14-15,17,20,22H,1,4-9H2,2-3H3. The van der Waals surface area contributed by atoms with Crippen molar-refractivity contribution in [3.05, 3.63) is 23.3 Å². The number of carbonyl (C=O) groups is 1. The van der Waals surface area contributed by atoms with Crippen molar-refractivity contribution in [1.82, 2.24) is 0 Å². The first-order valence-corrected chi connectivity index (χ1v) is 8.64. The summed E-state index contributed by atoms with van der Waals surface area (Å²) >= 11 is 0. The van der Waals surface area contributed by atoms with Crippen LogP contribution < -0.4 is 0 Å². The van der Waals surface area contributed by atoms with E-state index in [4.69, 9.17) is 0 Å². The molecule has 3 unspecified atom stereocenters. The fourth-order valence-corrected chi connectivity index (χ4v) is 4.74. The Labute approximate surface area is 132 Å². The van der Waals surface area contributed by atoms with Gasteiger partial charge in [-0.05, 0) is 37.2 Å². The molecule has 3 fully saturated rings. The quantitative estimate of drug-likeness (QED) is 0.788. The molecule has 3 atom stereocenters. The summed E-state index contributed by atoms with van der Waals surface area (Å²) in [4.78, 5) is 13.0. The van der Waals surface area contributed by atoms with Gasteiger partial charge in [-0.1, -0.05) is 38.8 Å². The number of Topliss-reactive ketones (excluding diaryl/α,β-unsaturated/α-hetero) is 1. The zero-order chi connectivity index (χ0) is 15.9. The highest BCUT2D eigenvalue weighted by molar-refractivity contribution is 6.04. The molecular weight excluding hydrogens is 276 g/mol. The molecule has 22 heavy (non-hydrogen) atoms. The second-order valence-electron chi connectivity index (χ2n) is 8.45. The molecule has 3 heteroatoms. The highest BCUT2D eigenvalue weighted by Crippen LogP contribution is 2.66. The average Bonchev–Trinajstić information content (AvgIpc) is 3.36. The summed E-state index contributed by atoms with van der Waals surface area (Å²) in [6.45, 7) is 7.77. The lowest BCUT2D eigenvalue weighted by atomic mass is 9.69. The fraction of sp³-hybridized carbons (Fsp3) is 0.737. The Morgan fingerprint density at radius 2 is 1.86 bits per heavy atom. The number of aliphatic hydroxyl groups excluding tert-OH is 2. The number of rotatable bonds is 3. The highest BCUT2D eigenvalue weighted by atomic mass is 16.3. The Bertz CT molecular complexity index is 590. The lowest BCUT2D eigenvalue weighted by molar-refractivity contribution is -0.124. The minimum atomic E-state index is -0.811. The number of ketones is 1. The molecule has 0 amide bonds. The van der Waals surface area contributed by atoms with Crippen LogP contribution in [0.4, 0.5) is 0 Å². The molecule has 4 aliphatic carbocycles. The van der Waals surface area contributed by atoms with Gasteiger partial charge in [0.1, 0.15) is 0 Å². The smallest absolute Gasteiger partial charge is 0.167 e. The normalized spacial score (nSPS) is 38.6. The molecule has 0 aliphatic heterocycles. The molecule has 0 aromatic carbocycles. The van der Waals surface area contributed by atoms with Gasteiger partial charge in [-0.3, -0.25) is 4.79 Å². The first-order valence-electron chi connectivity index (χ1n) is 8.64. The van der Waals surface area contributed by atoms with Crippen LogP contribution in [0.5, 0.6) is 0 Å². The molecule has 2 N–H and O–H groups in total. The Kier molecular flexibility index (Phi) is 2.88. The van der Waals surface area contributed by atoms with E-state index >= 15 is 0 Å². The average molecular weight is 302 g/mol. The molecule has 0 saturated heterocycles. The van der Waals surface area contributed by atoms with E-state index in [1.807, 2.05) is 0 Å². The van der Waals surface area contributed by atoms with Crippen LogP contribution in [-0.4, -0.2) is 28.2 Å². The first-order chi connectivity index (χ1) is 10.3. The maximum absolute atomic E-state index is 13.0. The van der Waals surface area contributed by atoms with Gasteiger partial charge in [0.05, 0.1) is 17.6 Å². The lowest BCUT2D eigenvalue weighted by Gasteiger charge is -2.38. The Balaban J connectivity index is 1.82. The highest BCUT2D eigenvalue weighted by Gasteiger charge is 2.63. The van der Waals surface area contributed by atoms with E-state index in [0.717, 1.165) is 42.7 Å². The predicted octanol–water partition coefficient (Wildman–Crippen LogP) is 2.77. The Hall–Kier alpha value is -0.930. The van der Waals surface area contributed by atoms with Crippen molar-refractivity contribution in [2.45, 2.75) is 64.6 Å². The zero-order valence-electron chi connectivity index (χ0n) is 13.6. The summed E-state index contributed by atoms with van der Waals surface area (Å²) in [5.41, 5.74) is 1.89. The molecule has 0 radical (unpaired) electrons. The lowest BCUT2D eigenvalue weighted by Crippen LogP contribution is -2.40. The molecule has 120 valence electrons. The number of aliphatic hydroxyl groups is 2. The predicted molar refractivity (Wildman–Crippen MR) is 84.1 cm³/mol. The van der Waals surface area contributed by atoms with Crippen molar-refractivity contribution in [3.8, 4) is 0 Å². The van der Waals surface area contributed by atoms with Gasteiger partial charge in [-0.2, -0.15) is 0 Å². The largest absolute Gasteiger partial charge is 0.391 e. The summed E-state index contributed by atoms with van der Waals surface area (Å²) in [5.74, 6) is 0.404. The van der Waals surface area contributed by atoms with Crippen LogP contribution in [0.2, 0.25) is 0 Å². The number of allylic oxidation sites excluding steroid dienone is 1.